The Labute approximate surface area is 129 Å². The summed E-state index contributed by atoms with van der Waals surface area (Å²) in [6, 6.07) is 27.3. The van der Waals surface area contributed by atoms with Gasteiger partial charge in [0.05, 0.1) is 16.9 Å². The highest BCUT2D eigenvalue weighted by Crippen LogP contribution is 2.25. The van der Waals surface area contributed by atoms with E-state index < -0.39 is 0 Å². The zero-order valence-electron chi connectivity index (χ0n) is 12.4. The van der Waals surface area contributed by atoms with Crippen LogP contribution in [0.1, 0.15) is 5.56 Å². The van der Waals surface area contributed by atoms with E-state index in [9.17, 15) is 0 Å². The first-order valence-electron chi connectivity index (χ1n) is 7.42. The Hall–Kier alpha value is -2.87. The Kier molecular flexibility index (Phi) is 3.01. The molecule has 0 bridgehead atoms. The van der Waals surface area contributed by atoms with Crippen LogP contribution in [0.2, 0.25) is 0 Å². The molecule has 0 aliphatic carbocycles. The van der Waals surface area contributed by atoms with Gasteiger partial charge in [0, 0.05) is 11.1 Å². The lowest BCUT2D eigenvalue weighted by Gasteiger charge is -2.05. The van der Waals surface area contributed by atoms with Crippen molar-refractivity contribution in [3.8, 4) is 22.5 Å². The number of aromatic nitrogens is 2. The molecule has 2 aromatic heterocycles. The second-order valence-electron chi connectivity index (χ2n) is 5.51. The second kappa shape index (κ2) is 5.15. The van der Waals surface area contributed by atoms with Gasteiger partial charge in [-0.15, -0.1) is 0 Å². The smallest absolute Gasteiger partial charge is 0.0933 e. The fourth-order valence-corrected chi connectivity index (χ4v) is 2.71. The van der Waals surface area contributed by atoms with Gasteiger partial charge in [-0.25, -0.2) is 4.52 Å². The summed E-state index contributed by atoms with van der Waals surface area (Å²) in [5, 5.41) is 4.80. The first-order chi connectivity index (χ1) is 10.8. The SMILES string of the molecule is Cc1ccc(-c2cccc3cc(-c4ccccc4)nn23)cc1. The van der Waals surface area contributed by atoms with E-state index in [1.165, 1.54) is 11.1 Å². The van der Waals surface area contributed by atoms with Gasteiger partial charge in [0.2, 0.25) is 0 Å². The van der Waals surface area contributed by atoms with Crippen molar-refractivity contribution in [3.05, 3.63) is 84.4 Å². The Morgan fingerprint density at radius 3 is 2.27 bits per heavy atom. The number of nitrogens with zero attached hydrogens (tertiary/aromatic N) is 2. The van der Waals surface area contributed by atoms with Gasteiger partial charge >= 0.3 is 0 Å². The van der Waals surface area contributed by atoms with Crippen LogP contribution in [0.25, 0.3) is 28.0 Å². The van der Waals surface area contributed by atoms with E-state index >= 15 is 0 Å². The molecule has 4 rings (SSSR count). The molecule has 0 fully saturated rings. The molecule has 22 heavy (non-hydrogen) atoms. The molecule has 2 aromatic carbocycles. The molecular weight excluding hydrogens is 268 g/mol. The zero-order valence-corrected chi connectivity index (χ0v) is 12.4. The van der Waals surface area contributed by atoms with Crippen LogP contribution >= 0.6 is 0 Å². The first kappa shape index (κ1) is 12.8. The van der Waals surface area contributed by atoms with Crippen LogP contribution < -0.4 is 0 Å². The summed E-state index contributed by atoms with van der Waals surface area (Å²) in [5.41, 5.74) is 6.80. The lowest BCUT2D eigenvalue weighted by Crippen LogP contribution is -1.93. The molecule has 2 heterocycles. The van der Waals surface area contributed by atoms with E-state index in [1.54, 1.807) is 0 Å². The van der Waals surface area contributed by atoms with Crippen LogP contribution in [0.5, 0.6) is 0 Å². The van der Waals surface area contributed by atoms with E-state index in [2.05, 4.69) is 67.6 Å². The van der Waals surface area contributed by atoms with Crippen molar-refractivity contribution in [2.24, 2.45) is 0 Å². The minimum Gasteiger partial charge on any atom is -0.232 e. The Bertz CT molecular complexity index is 919. The minimum absolute atomic E-state index is 1.00. The third-order valence-corrected chi connectivity index (χ3v) is 3.90. The van der Waals surface area contributed by atoms with Crippen molar-refractivity contribution in [3.63, 3.8) is 0 Å². The van der Waals surface area contributed by atoms with Crippen molar-refractivity contribution in [1.82, 2.24) is 9.61 Å². The fourth-order valence-electron chi connectivity index (χ4n) is 2.71. The summed E-state index contributed by atoms with van der Waals surface area (Å²) in [7, 11) is 0. The quantitative estimate of drug-likeness (QED) is 0.507. The molecule has 4 aromatic rings. The molecule has 2 heteroatoms. The predicted octanol–water partition coefficient (Wildman–Crippen LogP) is 4.98. The molecule has 0 spiro atoms. The molecule has 0 amide bonds. The summed E-state index contributed by atoms with van der Waals surface area (Å²) in [4.78, 5) is 0. The predicted molar refractivity (Wildman–Crippen MR) is 90.8 cm³/mol. The third kappa shape index (κ3) is 2.19. The van der Waals surface area contributed by atoms with Gasteiger partial charge in [-0.05, 0) is 25.1 Å². The monoisotopic (exact) mass is 284 g/mol. The van der Waals surface area contributed by atoms with Crippen molar-refractivity contribution in [1.29, 1.82) is 0 Å². The lowest BCUT2D eigenvalue weighted by molar-refractivity contribution is 0.974. The van der Waals surface area contributed by atoms with Crippen LogP contribution in [0, 0.1) is 6.92 Å². The van der Waals surface area contributed by atoms with Crippen LogP contribution in [-0.2, 0) is 0 Å². The highest BCUT2D eigenvalue weighted by Gasteiger charge is 2.08. The molecule has 0 aliphatic heterocycles. The molecule has 0 saturated carbocycles. The van der Waals surface area contributed by atoms with Crippen molar-refractivity contribution < 1.29 is 0 Å². The van der Waals surface area contributed by atoms with Gasteiger partial charge in [-0.3, -0.25) is 0 Å². The molecule has 0 aliphatic rings. The number of hydrogen-bond acceptors (Lipinski definition) is 1. The largest absolute Gasteiger partial charge is 0.232 e. The molecular formula is C20H16N2. The normalized spacial score (nSPS) is 11.0. The van der Waals surface area contributed by atoms with Crippen molar-refractivity contribution >= 4 is 5.52 Å². The summed E-state index contributed by atoms with van der Waals surface area (Å²) in [6.07, 6.45) is 0. The van der Waals surface area contributed by atoms with E-state index in [0.29, 0.717) is 0 Å². The van der Waals surface area contributed by atoms with Crippen LogP contribution in [0.15, 0.2) is 78.9 Å². The van der Waals surface area contributed by atoms with Crippen LogP contribution in [0.3, 0.4) is 0 Å². The molecule has 0 unspecified atom stereocenters. The number of hydrogen-bond donors (Lipinski definition) is 0. The van der Waals surface area contributed by atoms with Crippen LogP contribution in [-0.4, -0.2) is 9.61 Å². The highest BCUT2D eigenvalue weighted by molar-refractivity contribution is 5.70. The van der Waals surface area contributed by atoms with E-state index in [4.69, 9.17) is 5.10 Å². The van der Waals surface area contributed by atoms with E-state index in [-0.39, 0.29) is 0 Å². The summed E-state index contributed by atoms with van der Waals surface area (Å²) in [6.45, 7) is 2.10. The topological polar surface area (TPSA) is 17.3 Å². The number of rotatable bonds is 2. The Morgan fingerprint density at radius 2 is 1.50 bits per heavy atom. The van der Waals surface area contributed by atoms with Gasteiger partial charge in [0.25, 0.3) is 0 Å². The first-order valence-corrected chi connectivity index (χ1v) is 7.42. The van der Waals surface area contributed by atoms with Crippen molar-refractivity contribution in [2.45, 2.75) is 6.92 Å². The number of benzene rings is 2. The Morgan fingerprint density at radius 1 is 0.727 bits per heavy atom. The average molecular weight is 284 g/mol. The molecule has 106 valence electrons. The van der Waals surface area contributed by atoms with Gasteiger partial charge in [0.15, 0.2) is 0 Å². The Balaban J connectivity index is 1.90. The fraction of sp³-hybridized carbons (Fsp3) is 0.0500. The third-order valence-electron chi connectivity index (χ3n) is 3.90. The summed E-state index contributed by atoms with van der Waals surface area (Å²) < 4.78 is 2.02. The number of aryl methyl sites for hydroxylation is 1. The lowest BCUT2D eigenvalue weighted by atomic mass is 10.1. The number of pyridine rings is 1. The molecule has 0 saturated heterocycles. The maximum Gasteiger partial charge on any atom is 0.0933 e. The average Bonchev–Trinajstić information content (AvgIpc) is 3.01. The minimum atomic E-state index is 1.00. The maximum absolute atomic E-state index is 4.80. The second-order valence-corrected chi connectivity index (χ2v) is 5.51. The standard InChI is InChI=1S/C20H16N2/c1-15-10-12-17(13-11-15)20-9-5-8-18-14-19(21-22(18)20)16-6-3-2-4-7-16/h2-14H,1H3. The van der Waals surface area contributed by atoms with E-state index in [0.717, 1.165) is 22.5 Å². The van der Waals surface area contributed by atoms with Crippen LogP contribution in [0.4, 0.5) is 0 Å². The molecule has 0 radical (unpaired) electrons. The zero-order chi connectivity index (χ0) is 14.9. The summed E-state index contributed by atoms with van der Waals surface area (Å²) in [5.74, 6) is 0. The summed E-state index contributed by atoms with van der Waals surface area (Å²) >= 11 is 0. The van der Waals surface area contributed by atoms with Gasteiger partial charge in [-0.1, -0.05) is 66.2 Å². The maximum atomic E-state index is 4.80. The van der Waals surface area contributed by atoms with Gasteiger partial charge < -0.3 is 0 Å². The molecule has 2 nitrogen and oxygen atoms in total. The van der Waals surface area contributed by atoms with E-state index in [1.807, 2.05) is 22.7 Å². The molecule has 0 atom stereocenters. The van der Waals surface area contributed by atoms with Gasteiger partial charge in [-0.2, -0.15) is 5.10 Å². The highest BCUT2D eigenvalue weighted by atomic mass is 15.2. The van der Waals surface area contributed by atoms with Gasteiger partial charge in [0.1, 0.15) is 0 Å². The molecule has 0 N–H and O–H groups in total. The number of fused-ring (bicyclic) bond motifs is 1. The van der Waals surface area contributed by atoms with Crippen molar-refractivity contribution in [2.75, 3.05) is 0 Å².